The number of benzene rings is 2. The summed E-state index contributed by atoms with van der Waals surface area (Å²) in [5.74, 6) is -3.36. The summed E-state index contributed by atoms with van der Waals surface area (Å²) < 4.78 is 10.3. The first kappa shape index (κ1) is 19.8. The van der Waals surface area contributed by atoms with Gasteiger partial charge in [0.05, 0.1) is 12.7 Å². The minimum absolute atomic E-state index is 0.0487. The maximum absolute atomic E-state index is 12.6. The molecule has 2 rings (SSSR count). The van der Waals surface area contributed by atoms with Gasteiger partial charge in [0, 0.05) is 5.56 Å². The molecule has 0 fully saturated rings. The van der Waals surface area contributed by atoms with Crippen molar-refractivity contribution in [2.24, 2.45) is 0 Å². The summed E-state index contributed by atoms with van der Waals surface area (Å²) in [5, 5.41) is 29.5. The zero-order valence-corrected chi connectivity index (χ0v) is 15.1. The number of aryl methyl sites for hydroxylation is 2. The smallest absolute Gasteiger partial charge is 0.347 e. The number of hydrogen-bond acceptors (Lipinski definition) is 7. The van der Waals surface area contributed by atoms with E-state index in [4.69, 9.17) is 14.6 Å². The summed E-state index contributed by atoms with van der Waals surface area (Å²) in [7, 11) is 1.32. The lowest BCUT2D eigenvalue weighted by molar-refractivity contribution is 0.0692. The predicted octanol–water partition coefficient (Wildman–Crippen LogP) is 2.76. The fourth-order valence-corrected chi connectivity index (χ4v) is 2.72. The number of aromatic hydroxyl groups is 2. The molecule has 142 valence electrons. The van der Waals surface area contributed by atoms with Gasteiger partial charge in [0.2, 0.25) is 0 Å². The van der Waals surface area contributed by atoms with E-state index in [2.05, 4.69) is 0 Å². The SMILES string of the molecule is COc1cc(C)c(C(=O)Oc2cc(C)c(C(=O)O)c(O)c2C)c(O)c1C=O. The van der Waals surface area contributed by atoms with Gasteiger partial charge in [-0.3, -0.25) is 4.79 Å². The van der Waals surface area contributed by atoms with Crippen molar-refractivity contribution in [2.75, 3.05) is 7.11 Å². The summed E-state index contributed by atoms with van der Waals surface area (Å²) in [6, 6.07) is 2.70. The Morgan fingerprint density at radius 2 is 1.52 bits per heavy atom. The Hall–Kier alpha value is -3.55. The molecule has 0 heterocycles. The predicted molar refractivity (Wildman–Crippen MR) is 94.3 cm³/mol. The molecule has 0 aliphatic rings. The average molecular weight is 374 g/mol. The highest BCUT2D eigenvalue weighted by Gasteiger charge is 2.25. The molecule has 0 amide bonds. The monoisotopic (exact) mass is 374 g/mol. The van der Waals surface area contributed by atoms with Crippen molar-refractivity contribution >= 4 is 18.2 Å². The molecule has 3 N–H and O–H groups in total. The van der Waals surface area contributed by atoms with E-state index < -0.39 is 23.4 Å². The lowest BCUT2D eigenvalue weighted by atomic mass is 10.0. The maximum Gasteiger partial charge on any atom is 0.347 e. The number of carbonyl (C=O) groups excluding carboxylic acids is 2. The highest BCUT2D eigenvalue weighted by Crippen LogP contribution is 2.36. The van der Waals surface area contributed by atoms with Crippen LogP contribution in [0.3, 0.4) is 0 Å². The van der Waals surface area contributed by atoms with E-state index in [0.29, 0.717) is 11.8 Å². The van der Waals surface area contributed by atoms with E-state index in [1.807, 2.05) is 0 Å². The molecular weight excluding hydrogens is 356 g/mol. The van der Waals surface area contributed by atoms with E-state index in [0.717, 1.165) is 0 Å². The van der Waals surface area contributed by atoms with Crippen molar-refractivity contribution in [3.63, 3.8) is 0 Å². The summed E-state index contributed by atoms with van der Waals surface area (Å²) in [6.07, 6.45) is 0.354. The molecular formula is C19H18O8. The third kappa shape index (κ3) is 3.41. The van der Waals surface area contributed by atoms with Crippen LogP contribution in [0, 0.1) is 20.8 Å². The minimum atomic E-state index is -1.31. The number of carboxylic acids is 1. The first-order valence-electron chi connectivity index (χ1n) is 7.78. The Labute approximate surface area is 154 Å². The van der Waals surface area contributed by atoms with E-state index in [9.17, 15) is 24.6 Å². The molecule has 0 aliphatic carbocycles. The Balaban J connectivity index is 2.54. The fraction of sp³-hybridized carbons (Fsp3) is 0.211. The lowest BCUT2D eigenvalue weighted by Crippen LogP contribution is -2.13. The molecule has 0 radical (unpaired) electrons. The molecule has 2 aromatic carbocycles. The van der Waals surface area contributed by atoms with Gasteiger partial charge in [-0.05, 0) is 44.0 Å². The second kappa shape index (κ2) is 7.36. The van der Waals surface area contributed by atoms with Crippen LogP contribution in [0.4, 0.5) is 0 Å². The standard InChI is InChI=1S/C19H18O8/c1-8-5-12(10(3)16(21)14(8)18(23)24)27-19(25)15-9(2)6-13(26-4)11(7-20)17(15)22/h5-7,21-22H,1-4H3,(H,23,24). The molecule has 0 atom stereocenters. The Morgan fingerprint density at radius 3 is 2.04 bits per heavy atom. The van der Waals surface area contributed by atoms with Gasteiger partial charge >= 0.3 is 11.9 Å². The van der Waals surface area contributed by atoms with Crippen molar-refractivity contribution in [2.45, 2.75) is 20.8 Å². The van der Waals surface area contributed by atoms with Gasteiger partial charge in [0.25, 0.3) is 0 Å². The number of hydrogen-bond donors (Lipinski definition) is 3. The van der Waals surface area contributed by atoms with Crippen LogP contribution in [0.25, 0.3) is 0 Å². The number of methoxy groups -OCH3 is 1. The first-order valence-corrected chi connectivity index (χ1v) is 7.78. The third-order valence-corrected chi connectivity index (χ3v) is 4.16. The van der Waals surface area contributed by atoms with Crippen LogP contribution >= 0.6 is 0 Å². The first-order chi connectivity index (χ1) is 12.6. The van der Waals surface area contributed by atoms with Gasteiger partial charge in [0.15, 0.2) is 6.29 Å². The maximum atomic E-state index is 12.6. The van der Waals surface area contributed by atoms with Crippen LogP contribution in [-0.4, -0.2) is 40.7 Å². The van der Waals surface area contributed by atoms with Crippen LogP contribution in [0.15, 0.2) is 12.1 Å². The Kier molecular flexibility index (Phi) is 5.39. The second-order valence-electron chi connectivity index (χ2n) is 5.89. The Morgan fingerprint density at radius 1 is 0.963 bits per heavy atom. The van der Waals surface area contributed by atoms with Gasteiger partial charge in [-0.25, -0.2) is 9.59 Å². The zero-order valence-electron chi connectivity index (χ0n) is 15.1. The number of aromatic carboxylic acids is 1. The molecule has 0 spiro atoms. The molecule has 0 bridgehead atoms. The van der Waals surface area contributed by atoms with E-state index >= 15 is 0 Å². The molecule has 0 saturated carbocycles. The average Bonchev–Trinajstić information content (AvgIpc) is 2.58. The van der Waals surface area contributed by atoms with Crippen LogP contribution < -0.4 is 9.47 Å². The molecule has 2 aromatic rings. The third-order valence-electron chi connectivity index (χ3n) is 4.16. The number of phenols is 2. The minimum Gasteiger partial charge on any atom is -0.507 e. The molecule has 27 heavy (non-hydrogen) atoms. The normalized spacial score (nSPS) is 10.4. The fourth-order valence-electron chi connectivity index (χ4n) is 2.72. The van der Waals surface area contributed by atoms with Crippen LogP contribution in [-0.2, 0) is 0 Å². The lowest BCUT2D eigenvalue weighted by Gasteiger charge is -2.15. The number of esters is 1. The van der Waals surface area contributed by atoms with Gasteiger partial charge in [0.1, 0.15) is 34.1 Å². The molecule has 0 unspecified atom stereocenters. The summed E-state index contributed by atoms with van der Waals surface area (Å²) in [6.45, 7) is 4.36. The van der Waals surface area contributed by atoms with Gasteiger partial charge in [-0.15, -0.1) is 0 Å². The van der Waals surface area contributed by atoms with Crippen molar-refractivity contribution in [1.29, 1.82) is 0 Å². The summed E-state index contributed by atoms with van der Waals surface area (Å²) >= 11 is 0. The number of phenolic OH excluding ortho intramolecular Hbond substituents is 1. The van der Waals surface area contributed by atoms with Crippen molar-refractivity contribution in [3.05, 3.63) is 45.5 Å². The molecule has 0 aromatic heterocycles. The number of rotatable bonds is 5. The van der Waals surface area contributed by atoms with Crippen LogP contribution in [0.5, 0.6) is 23.0 Å². The zero-order chi connectivity index (χ0) is 20.5. The van der Waals surface area contributed by atoms with Gasteiger partial charge in [-0.1, -0.05) is 0 Å². The number of carboxylic acid groups (broad SMARTS) is 1. The van der Waals surface area contributed by atoms with Gasteiger partial charge < -0.3 is 24.8 Å². The second-order valence-corrected chi connectivity index (χ2v) is 5.89. The van der Waals surface area contributed by atoms with Crippen LogP contribution in [0.1, 0.15) is 47.8 Å². The molecule has 8 nitrogen and oxygen atoms in total. The number of ether oxygens (including phenoxy) is 2. The summed E-state index contributed by atoms with van der Waals surface area (Å²) in [5.41, 5.74) is -0.186. The van der Waals surface area contributed by atoms with Crippen LogP contribution in [0.2, 0.25) is 0 Å². The van der Waals surface area contributed by atoms with Crippen molar-refractivity contribution in [1.82, 2.24) is 0 Å². The molecule has 8 heteroatoms. The highest BCUT2D eigenvalue weighted by atomic mass is 16.5. The van der Waals surface area contributed by atoms with Gasteiger partial charge in [-0.2, -0.15) is 0 Å². The summed E-state index contributed by atoms with van der Waals surface area (Å²) in [4.78, 5) is 35.0. The largest absolute Gasteiger partial charge is 0.507 e. The topological polar surface area (TPSA) is 130 Å². The Bertz CT molecular complexity index is 959. The van der Waals surface area contributed by atoms with Crippen molar-refractivity contribution in [3.8, 4) is 23.0 Å². The van der Waals surface area contributed by atoms with E-state index in [-0.39, 0.29) is 39.3 Å². The van der Waals surface area contributed by atoms with Crippen molar-refractivity contribution < 1.29 is 39.2 Å². The molecule has 0 aliphatic heterocycles. The quantitative estimate of drug-likeness (QED) is 0.414. The van der Waals surface area contributed by atoms with E-state index in [1.165, 1.54) is 40.0 Å². The number of aldehydes is 1. The number of carbonyl (C=O) groups is 3. The highest BCUT2D eigenvalue weighted by molar-refractivity contribution is 6.00. The molecule has 0 saturated heterocycles. The van der Waals surface area contributed by atoms with E-state index in [1.54, 1.807) is 0 Å².